The summed E-state index contributed by atoms with van der Waals surface area (Å²) >= 11 is 0. The van der Waals surface area contributed by atoms with Crippen LogP contribution < -0.4 is 15.8 Å². The summed E-state index contributed by atoms with van der Waals surface area (Å²) in [5.74, 6) is 0.806. The summed E-state index contributed by atoms with van der Waals surface area (Å²) in [7, 11) is 1.65. The van der Waals surface area contributed by atoms with Crippen LogP contribution >= 0.6 is 0 Å². The number of hydrogen-bond donors (Lipinski definition) is 2. The third kappa shape index (κ3) is 2.84. The first-order valence-corrected chi connectivity index (χ1v) is 6.30. The lowest BCUT2D eigenvalue weighted by molar-refractivity contribution is 0.362. The van der Waals surface area contributed by atoms with Crippen molar-refractivity contribution in [3.8, 4) is 5.75 Å². The van der Waals surface area contributed by atoms with Crippen LogP contribution in [0.15, 0.2) is 18.2 Å². The van der Waals surface area contributed by atoms with Gasteiger partial charge in [-0.05, 0) is 30.4 Å². The van der Waals surface area contributed by atoms with Crippen molar-refractivity contribution in [1.29, 1.82) is 0 Å². The van der Waals surface area contributed by atoms with E-state index in [2.05, 4.69) is 12.2 Å². The maximum Gasteiger partial charge on any atom is 0.121 e. The number of anilines is 2. The van der Waals surface area contributed by atoms with Crippen LogP contribution in [0.3, 0.4) is 0 Å². The van der Waals surface area contributed by atoms with Gasteiger partial charge in [0.1, 0.15) is 5.75 Å². The van der Waals surface area contributed by atoms with Gasteiger partial charge in [0.2, 0.25) is 0 Å². The first kappa shape index (κ1) is 12.1. The molecule has 17 heavy (non-hydrogen) atoms. The van der Waals surface area contributed by atoms with Crippen LogP contribution in [-0.2, 0) is 0 Å². The molecule has 3 N–H and O–H groups in total. The lowest BCUT2D eigenvalue weighted by atomic mass is 9.89. The minimum atomic E-state index is 0.437. The van der Waals surface area contributed by atoms with E-state index in [1.165, 1.54) is 25.7 Å². The van der Waals surface area contributed by atoms with Gasteiger partial charge >= 0.3 is 0 Å². The first-order chi connectivity index (χ1) is 8.13. The van der Waals surface area contributed by atoms with Gasteiger partial charge in [0.05, 0.1) is 18.5 Å². The van der Waals surface area contributed by atoms with E-state index in [9.17, 15) is 0 Å². The molecule has 2 rings (SSSR count). The highest BCUT2D eigenvalue weighted by molar-refractivity contribution is 5.68. The number of methoxy groups -OCH3 is 1. The molecule has 0 spiro atoms. The lowest BCUT2D eigenvalue weighted by Crippen LogP contribution is -2.23. The molecule has 0 unspecified atom stereocenters. The Hall–Kier alpha value is -1.38. The van der Waals surface area contributed by atoms with Crippen LogP contribution in [0.25, 0.3) is 0 Å². The van der Waals surface area contributed by atoms with Gasteiger partial charge in [-0.3, -0.25) is 0 Å². The number of benzene rings is 1. The van der Waals surface area contributed by atoms with Crippen molar-refractivity contribution in [2.24, 2.45) is 5.41 Å². The summed E-state index contributed by atoms with van der Waals surface area (Å²) in [4.78, 5) is 0. The molecule has 0 atom stereocenters. The Bertz CT molecular complexity index is 384. The van der Waals surface area contributed by atoms with Crippen molar-refractivity contribution in [3.63, 3.8) is 0 Å². The predicted octanol–water partition coefficient (Wildman–Crippen LogP) is 3.27. The molecule has 94 valence electrons. The molecule has 0 aliphatic heterocycles. The lowest BCUT2D eigenvalue weighted by Gasteiger charge is -2.25. The average Bonchev–Trinajstić information content (AvgIpc) is 2.75. The largest absolute Gasteiger partial charge is 0.497 e. The Morgan fingerprint density at radius 1 is 1.35 bits per heavy atom. The fraction of sp³-hybridized carbons (Fsp3) is 0.571. The molecule has 3 heteroatoms. The summed E-state index contributed by atoms with van der Waals surface area (Å²) in [6, 6.07) is 5.79. The number of ether oxygens (including phenoxy) is 1. The smallest absolute Gasteiger partial charge is 0.121 e. The van der Waals surface area contributed by atoms with Gasteiger partial charge < -0.3 is 15.8 Å². The van der Waals surface area contributed by atoms with E-state index in [0.717, 1.165) is 23.7 Å². The zero-order valence-corrected chi connectivity index (χ0v) is 10.8. The van der Waals surface area contributed by atoms with Crippen molar-refractivity contribution < 1.29 is 4.74 Å². The Balaban J connectivity index is 1.99. The maximum atomic E-state index is 5.98. The van der Waals surface area contributed by atoms with E-state index in [-0.39, 0.29) is 0 Å². The highest BCUT2D eigenvalue weighted by Gasteiger charge is 2.28. The summed E-state index contributed by atoms with van der Waals surface area (Å²) < 4.78 is 5.14. The number of hydrogen-bond acceptors (Lipinski definition) is 3. The monoisotopic (exact) mass is 234 g/mol. The molecule has 1 fully saturated rings. The molecule has 0 heterocycles. The van der Waals surface area contributed by atoms with E-state index in [1.807, 2.05) is 18.2 Å². The zero-order valence-electron chi connectivity index (χ0n) is 10.8. The first-order valence-electron chi connectivity index (χ1n) is 6.30. The second kappa shape index (κ2) is 4.86. The summed E-state index contributed by atoms with van der Waals surface area (Å²) in [6.07, 6.45) is 5.35. The van der Waals surface area contributed by atoms with Crippen LogP contribution in [0.5, 0.6) is 5.75 Å². The number of nitrogen functional groups attached to an aromatic ring is 1. The molecule has 0 saturated heterocycles. The SMILES string of the molecule is COc1ccc(NCC2(C)CCCC2)c(N)c1. The number of rotatable bonds is 4. The van der Waals surface area contributed by atoms with Crippen molar-refractivity contribution in [2.45, 2.75) is 32.6 Å². The second-order valence-electron chi connectivity index (χ2n) is 5.32. The Morgan fingerprint density at radius 2 is 2.06 bits per heavy atom. The van der Waals surface area contributed by atoms with Gasteiger partial charge in [-0.1, -0.05) is 19.8 Å². The van der Waals surface area contributed by atoms with Crippen molar-refractivity contribution in [2.75, 3.05) is 24.7 Å². The van der Waals surface area contributed by atoms with Crippen LogP contribution in [0.1, 0.15) is 32.6 Å². The number of nitrogens with two attached hydrogens (primary N) is 1. The molecular formula is C14H22N2O. The Labute approximate surface area is 103 Å². The van der Waals surface area contributed by atoms with Gasteiger partial charge in [-0.2, -0.15) is 0 Å². The highest BCUT2D eigenvalue weighted by Crippen LogP contribution is 2.38. The molecule has 3 nitrogen and oxygen atoms in total. The highest BCUT2D eigenvalue weighted by atomic mass is 16.5. The quantitative estimate of drug-likeness (QED) is 0.786. The Kier molecular flexibility index (Phi) is 3.46. The molecule has 1 saturated carbocycles. The fourth-order valence-electron chi connectivity index (χ4n) is 2.54. The number of nitrogens with one attached hydrogen (secondary N) is 1. The van der Waals surface area contributed by atoms with Crippen LogP contribution in [-0.4, -0.2) is 13.7 Å². The van der Waals surface area contributed by atoms with Crippen molar-refractivity contribution in [1.82, 2.24) is 0 Å². The van der Waals surface area contributed by atoms with Crippen LogP contribution in [0.4, 0.5) is 11.4 Å². The molecule has 1 aliphatic carbocycles. The predicted molar refractivity (Wildman–Crippen MR) is 72.5 cm³/mol. The van der Waals surface area contributed by atoms with E-state index in [1.54, 1.807) is 7.11 Å². The Morgan fingerprint density at radius 3 is 2.65 bits per heavy atom. The minimum absolute atomic E-state index is 0.437. The topological polar surface area (TPSA) is 47.3 Å². The van der Waals surface area contributed by atoms with Crippen LogP contribution in [0, 0.1) is 5.41 Å². The molecule has 1 aromatic rings. The summed E-state index contributed by atoms with van der Waals surface area (Å²) in [5, 5.41) is 3.47. The van der Waals surface area contributed by atoms with Crippen molar-refractivity contribution >= 4 is 11.4 Å². The molecular weight excluding hydrogens is 212 g/mol. The molecule has 1 aromatic carbocycles. The molecule has 0 aromatic heterocycles. The average molecular weight is 234 g/mol. The molecule has 0 radical (unpaired) electrons. The maximum absolute atomic E-state index is 5.98. The van der Waals surface area contributed by atoms with E-state index in [4.69, 9.17) is 10.5 Å². The minimum Gasteiger partial charge on any atom is -0.497 e. The second-order valence-corrected chi connectivity index (χ2v) is 5.32. The van der Waals surface area contributed by atoms with E-state index in [0.29, 0.717) is 5.41 Å². The van der Waals surface area contributed by atoms with E-state index >= 15 is 0 Å². The molecule has 0 amide bonds. The normalized spacial score (nSPS) is 18.0. The summed E-state index contributed by atoms with van der Waals surface area (Å²) in [5.41, 5.74) is 8.19. The standard InChI is InChI=1S/C14H22N2O/c1-14(7-3-4-8-14)10-16-13-6-5-11(17-2)9-12(13)15/h5-6,9,16H,3-4,7-8,10,15H2,1-2H3. The third-order valence-electron chi connectivity index (χ3n) is 3.78. The van der Waals surface area contributed by atoms with E-state index < -0.39 is 0 Å². The van der Waals surface area contributed by atoms with Gasteiger partial charge in [0.15, 0.2) is 0 Å². The fourth-order valence-corrected chi connectivity index (χ4v) is 2.54. The molecule has 0 bridgehead atoms. The van der Waals surface area contributed by atoms with Crippen molar-refractivity contribution in [3.05, 3.63) is 18.2 Å². The van der Waals surface area contributed by atoms with Gasteiger partial charge in [-0.25, -0.2) is 0 Å². The summed E-state index contributed by atoms with van der Waals surface area (Å²) in [6.45, 7) is 3.36. The van der Waals surface area contributed by atoms with Gasteiger partial charge in [-0.15, -0.1) is 0 Å². The van der Waals surface area contributed by atoms with Crippen LogP contribution in [0.2, 0.25) is 0 Å². The molecule has 1 aliphatic rings. The zero-order chi connectivity index (χ0) is 12.3. The van der Waals surface area contributed by atoms with Gasteiger partial charge in [0.25, 0.3) is 0 Å². The third-order valence-corrected chi connectivity index (χ3v) is 3.78. The van der Waals surface area contributed by atoms with Gasteiger partial charge in [0, 0.05) is 12.6 Å².